The lowest BCUT2D eigenvalue weighted by Gasteiger charge is -2.09. The molecule has 2 nitrogen and oxygen atoms in total. The van der Waals surface area contributed by atoms with Gasteiger partial charge in [-0.05, 0) is 49.9 Å². The fourth-order valence-corrected chi connectivity index (χ4v) is 2.02. The highest BCUT2D eigenvalue weighted by atomic mass is 35.5. The Labute approximate surface area is 101 Å². The van der Waals surface area contributed by atoms with Crippen LogP contribution in [0.5, 0.6) is 5.75 Å². The number of carbonyl (C=O) groups excluding carboxylic acids is 1. The van der Waals surface area contributed by atoms with Crippen molar-refractivity contribution in [3.63, 3.8) is 0 Å². The maximum absolute atomic E-state index is 11.7. The molecule has 0 saturated carbocycles. The third kappa shape index (κ3) is 2.38. The van der Waals surface area contributed by atoms with Crippen LogP contribution in [0.3, 0.4) is 0 Å². The number of fused-ring (bicyclic) bond motifs is 1. The number of ether oxygens (including phenoxy) is 1. The number of alkyl halides is 1. The van der Waals surface area contributed by atoms with Crippen molar-refractivity contribution in [3.8, 4) is 5.75 Å². The fraction of sp³-hybridized carbons (Fsp3) is 0.462. The highest BCUT2D eigenvalue weighted by Crippen LogP contribution is 2.26. The molecule has 1 unspecified atom stereocenters. The van der Waals surface area contributed by atoms with Gasteiger partial charge in [0.25, 0.3) is 0 Å². The van der Waals surface area contributed by atoms with Gasteiger partial charge >= 0.3 is 0 Å². The Morgan fingerprint density at radius 2 is 2.25 bits per heavy atom. The van der Waals surface area contributed by atoms with Gasteiger partial charge in [-0.3, -0.25) is 4.79 Å². The average molecular weight is 239 g/mol. The number of hydrogen-bond donors (Lipinski definition) is 0. The van der Waals surface area contributed by atoms with E-state index in [1.807, 2.05) is 12.1 Å². The minimum absolute atomic E-state index is 0.0197. The molecule has 3 heteroatoms. The van der Waals surface area contributed by atoms with Crippen LogP contribution >= 0.6 is 11.6 Å². The van der Waals surface area contributed by atoms with Crippen LogP contribution in [0.4, 0.5) is 0 Å². The van der Waals surface area contributed by atoms with Crippen LogP contribution in [0.15, 0.2) is 18.2 Å². The summed E-state index contributed by atoms with van der Waals surface area (Å²) >= 11 is 5.80. The number of halogens is 1. The standard InChI is InChI=1S/C13H15ClO2/c1-9(14)13(15)11-5-6-12-10(8-11)4-2-3-7-16-12/h5-6,8-9H,2-4,7H2,1H3. The van der Waals surface area contributed by atoms with E-state index >= 15 is 0 Å². The maximum atomic E-state index is 11.7. The quantitative estimate of drug-likeness (QED) is 0.584. The molecular weight excluding hydrogens is 224 g/mol. The Bertz CT molecular complexity index is 399. The van der Waals surface area contributed by atoms with Gasteiger partial charge in [0.1, 0.15) is 5.75 Å². The third-order valence-electron chi connectivity index (χ3n) is 2.80. The molecule has 1 atom stereocenters. The minimum Gasteiger partial charge on any atom is -0.493 e. The average Bonchev–Trinajstić information content (AvgIpc) is 2.51. The molecule has 1 aliphatic rings. The number of rotatable bonds is 2. The van der Waals surface area contributed by atoms with E-state index < -0.39 is 5.38 Å². The summed E-state index contributed by atoms with van der Waals surface area (Å²) in [6, 6.07) is 5.60. The second kappa shape index (κ2) is 4.88. The number of hydrogen-bond acceptors (Lipinski definition) is 2. The Hall–Kier alpha value is -1.02. The van der Waals surface area contributed by atoms with E-state index in [2.05, 4.69) is 0 Å². The number of carbonyl (C=O) groups is 1. The molecule has 1 aromatic rings. The number of benzene rings is 1. The lowest BCUT2D eigenvalue weighted by atomic mass is 10.0. The van der Waals surface area contributed by atoms with E-state index in [0.717, 1.165) is 37.2 Å². The number of Topliss-reactive ketones (excluding diaryl/α,β-unsaturated/α-hetero) is 1. The first-order valence-corrected chi connectivity index (χ1v) is 6.06. The topological polar surface area (TPSA) is 26.3 Å². The van der Waals surface area contributed by atoms with Gasteiger partial charge in [0, 0.05) is 5.56 Å². The summed E-state index contributed by atoms with van der Waals surface area (Å²) in [6.45, 7) is 2.47. The van der Waals surface area contributed by atoms with Gasteiger partial charge in [0.2, 0.25) is 0 Å². The van der Waals surface area contributed by atoms with Crippen molar-refractivity contribution in [2.24, 2.45) is 0 Å². The SMILES string of the molecule is CC(Cl)C(=O)c1ccc2c(c1)CCCCO2. The maximum Gasteiger partial charge on any atom is 0.180 e. The Kier molecular flexibility index (Phi) is 3.49. The molecule has 0 aliphatic carbocycles. The second-order valence-electron chi connectivity index (χ2n) is 4.11. The van der Waals surface area contributed by atoms with Crippen molar-refractivity contribution in [2.45, 2.75) is 31.6 Å². The molecule has 0 aromatic heterocycles. The van der Waals surface area contributed by atoms with Crippen molar-refractivity contribution in [1.29, 1.82) is 0 Å². The van der Waals surface area contributed by atoms with Gasteiger partial charge in [-0.2, -0.15) is 0 Å². The van der Waals surface area contributed by atoms with Crippen molar-refractivity contribution in [1.82, 2.24) is 0 Å². The van der Waals surface area contributed by atoms with Crippen molar-refractivity contribution in [3.05, 3.63) is 29.3 Å². The molecule has 0 spiro atoms. The van der Waals surface area contributed by atoms with Gasteiger partial charge < -0.3 is 4.74 Å². The summed E-state index contributed by atoms with van der Waals surface area (Å²) in [7, 11) is 0. The minimum atomic E-state index is -0.468. The monoisotopic (exact) mass is 238 g/mol. The number of aryl methyl sites for hydroxylation is 1. The van der Waals surface area contributed by atoms with E-state index in [0.29, 0.717) is 5.56 Å². The van der Waals surface area contributed by atoms with E-state index in [-0.39, 0.29) is 5.78 Å². The van der Waals surface area contributed by atoms with E-state index in [1.165, 1.54) is 0 Å². The first kappa shape index (κ1) is 11.5. The molecule has 0 radical (unpaired) electrons. The highest BCUT2D eigenvalue weighted by Gasteiger charge is 2.15. The van der Waals surface area contributed by atoms with Crippen LogP contribution in [0, 0.1) is 0 Å². The van der Waals surface area contributed by atoms with Crippen molar-refractivity contribution in [2.75, 3.05) is 6.61 Å². The summed E-state index contributed by atoms with van der Waals surface area (Å²) in [5, 5.41) is -0.468. The Balaban J connectivity index is 2.30. The molecule has 86 valence electrons. The second-order valence-corrected chi connectivity index (χ2v) is 4.76. The van der Waals surface area contributed by atoms with Crippen LogP contribution in [-0.2, 0) is 6.42 Å². The van der Waals surface area contributed by atoms with Crippen LogP contribution in [0.2, 0.25) is 0 Å². The van der Waals surface area contributed by atoms with Gasteiger partial charge in [0.05, 0.1) is 12.0 Å². The molecule has 0 bridgehead atoms. The summed E-state index contributed by atoms with van der Waals surface area (Å²) in [6.07, 6.45) is 3.16. The van der Waals surface area contributed by atoms with E-state index in [4.69, 9.17) is 16.3 Å². The summed E-state index contributed by atoms with van der Waals surface area (Å²) in [5.74, 6) is 0.894. The van der Waals surface area contributed by atoms with Gasteiger partial charge in [-0.15, -0.1) is 11.6 Å². The van der Waals surface area contributed by atoms with E-state index in [9.17, 15) is 4.79 Å². The number of ketones is 1. The molecule has 1 aliphatic heterocycles. The predicted molar refractivity (Wildman–Crippen MR) is 64.5 cm³/mol. The van der Waals surface area contributed by atoms with Gasteiger partial charge in [-0.1, -0.05) is 0 Å². The molecule has 0 fully saturated rings. The molecule has 0 amide bonds. The predicted octanol–water partition coefficient (Wildman–Crippen LogP) is 3.21. The summed E-state index contributed by atoms with van der Waals surface area (Å²) in [4.78, 5) is 11.7. The zero-order valence-corrected chi connectivity index (χ0v) is 10.1. The molecule has 16 heavy (non-hydrogen) atoms. The fourth-order valence-electron chi connectivity index (χ4n) is 1.90. The van der Waals surface area contributed by atoms with Crippen molar-refractivity contribution < 1.29 is 9.53 Å². The van der Waals surface area contributed by atoms with Crippen LogP contribution in [0.1, 0.15) is 35.7 Å². The van der Waals surface area contributed by atoms with E-state index in [1.54, 1.807) is 13.0 Å². The summed E-state index contributed by atoms with van der Waals surface area (Å²) in [5.41, 5.74) is 1.81. The lowest BCUT2D eigenvalue weighted by Crippen LogP contribution is -2.10. The first-order valence-electron chi connectivity index (χ1n) is 5.62. The van der Waals surface area contributed by atoms with Crippen LogP contribution in [-0.4, -0.2) is 17.8 Å². The van der Waals surface area contributed by atoms with Gasteiger partial charge in [-0.25, -0.2) is 0 Å². The first-order chi connectivity index (χ1) is 7.68. The summed E-state index contributed by atoms with van der Waals surface area (Å²) < 4.78 is 5.60. The normalized spacial score (nSPS) is 16.9. The molecular formula is C13H15ClO2. The molecule has 1 heterocycles. The molecule has 1 aromatic carbocycles. The zero-order valence-electron chi connectivity index (χ0n) is 9.33. The molecule has 0 saturated heterocycles. The third-order valence-corrected chi connectivity index (χ3v) is 3.00. The van der Waals surface area contributed by atoms with Crippen molar-refractivity contribution >= 4 is 17.4 Å². The molecule has 0 N–H and O–H groups in total. The Morgan fingerprint density at radius 3 is 3.00 bits per heavy atom. The highest BCUT2D eigenvalue weighted by molar-refractivity contribution is 6.33. The smallest absolute Gasteiger partial charge is 0.180 e. The molecule has 2 rings (SSSR count). The van der Waals surface area contributed by atoms with Crippen LogP contribution < -0.4 is 4.74 Å². The lowest BCUT2D eigenvalue weighted by molar-refractivity contribution is 0.0991. The van der Waals surface area contributed by atoms with Gasteiger partial charge in [0.15, 0.2) is 5.78 Å². The van der Waals surface area contributed by atoms with Crippen LogP contribution in [0.25, 0.3) is 0 Å². The largest absolute Gasteiger partial charge is 0.493 e. The Morgan fingerprint density at radius 1 is 1.44 bits per heavy atom. The zero-order chi connectivity index (χ0) is 11.5.